The molecule has 0 fully saturated rings. The summed E-state index contributed by atoms with van der Waals surface area (Å²) in [7, 11) is -2.18. The van der Waals surface area contributed by atoms with Gasteiger partial charge in [0.25, 0.3) is 0 Å². The summed E-state index contributed by atoms with van der Waals surface area (Å²) >= 11 is 10.7. The Hall–Kier alpha value is -2.60. The smallest absolute Gasteiger partial charge is 0.355 e. The number of allylic oxidation sites excluding steroid dienone is 1. The van der Waals surface area contributed by atoms with Crippen molar-refractivity contribution < 1.29 is 17.9 Å². The Labute approximate surface area is 201 Å². The number of para-hydroxylation sites is 1. The molecule has 1 aromatic heterocycles. The normalized spacial score (nSPS) is 12.9. The molecule has 3 aromatic rings. The fourth-order valence-electron chi connectivity index (χ4n) is 2.48. The number of carbonyl (C=O) groups excluding carboxylic acids is 1. The highest BCUT2D eigenvalue weighted by atomic mass is 79.9. The van der Waals surface area contributed by atoms with Gasteiger partial charge in [0.15, 0.2) is 14.8 Å². The Kier molecular flexibility index (Phi) is 7.44. The summed E-state index contributed by atoms with van der Waals surface area (Å²) in [5.41, 5.74) is 6.91. The van der Waals surface area contributed by atoms with Crippen molar-refractivity contribution in [3.8, 4) is 10.6 Å². The molecule has 0 spiro atoms. The van der Waals surface area contributed by atoms with Crippen LogP contribution in [0.1, 0.15) is 5.01 Å². The summed E-state index contributed by atoms with van der Waals surface area (Å²) in [5, 5.41) is 9.49. The second-order valence-corrected chi connectivity index (χ2v) is 10.5. The van der Waals surface area contributed by atoms with Crippen molar-refractivity contribution in [3.63, 3.8) is 0 Å². The van der Waals surface area contributed by atoms with Gasteiger partial charge in [-0.25, -0.2) is 18.2 Å². The zero-order chi connectivity index (χ0) is 23.5. The van der Waals surface area contributed by atoms with Crippen LogP contribution in [0.3, 0.4) is 0 Å². The van der Waals surface area contributed by atoms with Crippen molar-refractivity contribution >= 4 is 66.1 Å². The van der Waals surface area contributed by atoms with E-state index in [1.165, 1.54) is 19.2 Å². The predicted octanol–water partition coefficient (Wildman–Crippen LogP) is 4.12. The number of hydrogen-bond donors (Lipinski definition) is 1. The van der Waals surface area contributed by atoms with E-state index in [1.807, 2.05) is 0 Å². The third-order valence-corrected chi connectivity index (χ3v) is 7.28. The van der Waals surface area contributed by atoms with Crippen LogP contribution in [0.2, 0.25) is 5.02 Å². The molecule has 0 atom stereocenters. The van der Waals surface area contributed by atoms with Crippen molar-refractivity contribution in [3.05, 3.63) is 68.7 Å². The lowest BCUT2D eigenvalue weighted by Crippen LogP contribution is -2.18. The Morgan fingerprint density at radius 2 is 1.91 bits per heavy atom. The molecule has 12 heteroatoms. The monoisotopic (exact) mass is 554 g/mol. The van der Waals surface area contributed by atoms with Crippen molar-refractivity contribution in [2.75, 3.05) is 13.4 Å². The highest BCUT2D eigenvalue weighted by Gasteiger charge is 2.22. The van der Waals surface area contributed by atoms with Gasteiger partial charge in [-0.2, -0.15) is 0 Å². The van der Waals surface area contributed by atoms with Crippen LogP contribution >= 0.6 is 38.9 Å². The molecule has 32 heavy (non-hydrogen) atoms. The van der Waals surface area contributed by atoms with Crippen LogP contribution in [0.15, 0.2) is 68.6 Å². The van der Waals surface area contributed by atoms with E-state index >= 15 is 0 Å². The van der Waals surface area contributed by atoms with Crippen LogP contribution < -0.4 is 5.73 Å². The first-order valence-electron chi connectivity index (χ1n) is 8.83. The van der Waals surface area contributed by atoms with Gasteiger partial charge in [-0.1, -0.05) is 47.2 Å². The van der Waals surface area contributed by atoms with Crippen molar-refractivity contribution in [1.82, 2.24) is 10.2 Å². The first kappa shape index (κ1) is 24.1. The molecule has 2 aromatic carbocycles. The number of benzene rings is 2. The molecule has 0 aliphatic carbocycles. The molecule has 0 saturated heterocycles. The molecule has 0 saturated carbocycles. The number of esters is 1. The first-order valence-corrected chi connectivity index (χ1v) is 12.7. The number of nitrogens with two attached hydrogens (primary N) is 1. The molecule has 1 heterocycles. The van der Waals surface area contributed by atoms with Gasteiger partial charge in [0.05, 0.1) is 27.2 Å². The van der Waals surface area contributed by atoms with E-state index in [0.717, 1.165) is 17.6 Å². The largest absolute Gasteiger partial charge is 0.464 e. The summed E-state index contributed by atoms with van der Waals surface area (Å²) in [6.45, 7) is 0. The minimum Gasteiger partial charge on any atom is -0.464 e. The first-order chi connectivity index (χ1) is 15.1. The third-order valence-electron chi connectivity index (χ3n) is 4.07. The fourth-order valence-corrected chi connectivity index (χ4v) is 4.73. The molecule has 0 bridgehead atoms. The summed E-state index contributed by atoms with van der Waals surface area (Å²) in [6.07, 6.45) is 1.13. The van der Waals surface area contributed by atoms with E-state index in [0.29, 0.717) is 26.3 Å². The standard InChI is InChI=1S/C20H16BrClN4O4S2/c1-30-20(27)16(23)15(21)17(24-14-9-4-3-8-13(14)22)19-26-25-18(31-19)11-6-5-7-12(10-11)32(2,28)29/h3-10H,23H2,1-2H3. The molecule has 0 unspecified atom stereocenters. The Morgan fingerprint density at radius 1 is 1.19 bits per heavy atom. The van der Waals surface area contributed by atoms with Gasteiger partial charge < -0.3 is 10.5 Å². The van der Waals surface area contributed by atoms with Gasteiger partial charge in [0, 0.05) is 11.8 Å². The SMILES string of the molecule is COC(=O)C(N)=C(Br)C(=Nc1ccccc1Cl)c1nnc(-c2cccc(S(C)(=O)=O)c2)s1. The zero-order valence-corrected chi connectivity index (χ0v) is 20.7. The number of sulfone groups is 1. The molecule has 166 valence electrons. The third kappa shape index (κ3) is 5.41. The number of hydrogen-bond acceptors (Lipinski definition) is 9. The van der Waals surface area contributed by atoms with Crippen LogP contribution in [0.5, 0.6) is 0 Å². The quantitative estimate of drug-likeness (QED) is 0.275. The number of rotatable bonds is 6. The minimum atomic E-state index is -3.39. The van der Waals surface area contributed by atoms with E-state index in [9.17, 15) is 13.2 Å². The highest BCUT2D eigenvalue weighted by Crippen LogP contribution is 2.31. The lowest BCUT2D eigenvalue weighted by molar-refractivity contribution is -0.136. The summed E-state index contributed by atoms with van der Waals surface area (Å²) in [4.78, 5) is 16.7. The molecule has 0 radical (unpaired) electrons. The molecular weight excluding hydrogens is 540 g/mol. The Morgan fingerprint density at radius 3 is 2.56 bits per heavy atom. The van der Waals surface area contributed by atoms with Crippen LogP contribution in [-0.2, 0) is 19.4 Å². The number of ether oxygens (including phenoxy) is 1. The topological polar surface area (TPSA) is 125 Å². The Balaban J connectivity index is 2.15. The average molecular weight is 556 g/mol. The van der Waals surface area contributed by atoms with E-state index < -0.39 is 15.8 Å². The molecule has 2 N–H and O–H groups in total. The molecule has 0 aliphatic rings. The number of aliphatic imine (C=N–C) groups is 1. The lowest BCUT2D eigenvalue weighted by atomic mass is 10.2. The maximum Gasteiger partial charge on any atom is 0.355 e. The lowest BCUT2D eigenvalue weighted by Gasteiger charge is -2.07. The number of methoxy groups -OCH3 is 1. The van der Waals surface area contributed by atoms with E-state index in [2.05, 4.69) is 31.1 Å². The maximum absolute atomic E-state index is 12.0. The number of aromatic nitrogens is 2. The summed E-state index contributed by atoms with van der Waals surface area (Å²) in [6, 6.07) is 13.2. The van der Waals surface area contributed by atoms with Crippen molar-refractivity contribution in [1.29, 1.82) is 0 Å². The zero-order valence-electron chi connectivity index (χ0n) is 16.7. The van der Waals surface area contributed by atoms with Crippen LogP contribution in [0.4, 0.5) is 5.69 Å². The number of halogens is 2. The van der Waals surface area contributed by atoms with Gasteiger partial charge in [-0.3, -0.25) is 0 Å². The molecule has 3 rings (SSSR count). The van der Waals surface area contributed by atoms with E-state index in [-0.39, 0.29) is 20.8 Å². The average Bonchev–Trinajstić information content (AvgIpc) is 3.26. The van der Waals surface area contributed by atoms with Crippen LogP contribution in [0.25, 0.3) is 10.6 Å². The van der Waals surface area contributed by atoms with Crippen molar-refractivity contribution in [2.45, 2.75) is 4.90 Å². The highest BCUT2D eigenvalue weighted by molar-refractivity contribution is 9.12. The number of carbonyl (C=O) groups is 1. The van der Waals surface area contributed by atoms with E-state index in [4.69, 9.17) is 22.1 Å². The molecular formula is C20H16BrClN4O4S2. The molecule has 0 amide bonds. The van der Waals surface area contributed by atoms with Gasteiger partial charge in [-0.15, -0.1) is 10.2 Å². The summed E-state index contributed by atoms with van der Waals surface area (Å²) < 4.78 is 28.6. The molecule has 0 aliphatic heterocycles. The summed E-state index contributed by atoms with van der Waals surface area (Å²) in [5.74, 6) is -0.755. The van der Waals surface area contributed by atoms with Crippen LogP contribution in [0, 0.1) is 0 Å². The van der Waals surface area contributed by atoms with Gasteiger partial charge >= 0.3 is 5.97 Å². The molecule has 8 nitrogen and oxygen atoms in total. The van der Waals surface area contributed by atoms with E-state index in [1.54, 1.807) is 36.4 Å². The Bertz CT molecular complexity index is 1350. The second-order valence-electron chi connectivity index (χ2n) is 6.34. The fraction of sp³-hybridized carbons (Fsp3) is 0.100. The maximum atomic E-state index is 12.0. The van der Waals surface area contributed by atoms with Crippen molar-refractivity contribution in [2.24, 2.45) is 10.7 Å². The van der Waals surface area contributed by atoms with Crippen LogP contribution in [-0.4, -0.2) is 43.7 Å². The second kappa shape index (κ2) is 9.90. The predicted molar refractivity (Wildman–Crippen MR) is 128 cm³/mol. The van der Waals surface area contributed by atoms with Gasteiger partial charge in [-0.05, 0) is 40.2 Å². The van der Waals surface area contributed by atoms with Gasteiger partial charge in [0.1, 0.15) is 16.4 Å². The minimum absolute atomic E-state index is 0.150. The number of nitrogens with zero attached hydrogens (tertiary/aromatic N) is 3. The van der Waals surface area contributed by atoms with Gasteiger partial charge in [0.2, 0.25) is 0 Å².